The van der Waals surface area contributed by atoms with Gasteiger partial charge in [-0.05, 0) is 68.2 Å². The first kappa shape index (κ1) is 17.0. The molecule has 1 unspecified atom stereocenters. The van der Waals surface area contributed by atoms with Gasteiger partial charge in [0.1, 0.15) is 5.75 Å². The number of rotatable bonds is 3. The molecule has 1 aliphatic heterocycles. The van der Waals surface area contributed by atoms with Crippen molar-refractivity contribution >= 4 is 11.9 Å². The van der Waals surface area contributed by atoms with Crippen LogP contribution in [0.5, 0.6) is 5.75 Å². The number of carbonyl (C=O) groups excluding carboxylic acids is 1. The molecule has 27 heavy (non-hydrogen) atoms. The smallest absolute Gasteiger partial charge is 0.262 e. The highest BCUT2D eigenvalue weighted by molar-refractivity contribution is 6.08. The summed E-state index contributed by atoms with van der Waals surface area (Å²) in [7, 11) is 3.50. The monoisotopic (exact) mass is 369 g/mol. The van der Waals surface area contributed by atoms with Crippen LogP contribution < -0.4 is 10.5 Å². The van der Waals surface area contributed by atoms with Crippen LogP contribution in [0.25, 0.3) is 0 Å². The number of hydrogen-bond donors (Lipinski definition) is 1. The molecule has 4 aliphatic rings. The molecule has 2 spiro atoms. The Morgan fingerprint density at radius 1 is 1.19 bits per heavy atom. The molecule has 6 nitrogen and oxygen atoms in total. The van der Waals surface area contributed by atoms with Crippen molar-refractivity contribution in [3.05, 3.63) is 29.3 Å². The van der Waals surface area contributed by atoms with Gasteiger partial charge in [-0.25, -0.2) is 4.99 Å². The molecule has 1 atom stereocenters. The Morgan fingerprint density at radius 3 is 2.52 bits per heavy atom. The van der Waals surface area contributed by atoms with Gasteiger partial charge < -0.3 is 15.2 Å². The number of carbonyl (C=O) groups is 1. The van der Waals surface area contributed by atoms with Crippen molar-refractivity contribution in [3.8, 4) is 5.75 Å². The van der Waals surface area contributed by atoms with Gasteiger partial charge in [-0.2, -0.15) is 0 Å². The van der Waals surface area contributed by atoms with E-state index < -0.39 is 5.54 Å². The maximum absolute atomic E-state index is 13.5. The summed E-state index contributed by atoms with van der Waals surface area (Å²) in [6, 6.07) is 6.22. The van der Waals surface area contributed by atoms with Gasteiger partial charge in [0.05, 0.1) is 12.2 Å². The molecule has 1 amide bonds. The highest BCUT2D eigenvalue weighted by atomic mass is 16.5. The summed E-state index contributed by atoms with van der Waals surface area (Å²) in [5.74, 6) is 1.15. The minimum Gasteiger partial charge on any atom is -0.490 e. The number of benzene rings is 1. The fourth-order valence-corrected chi connectivity index (χ4v) is 5.36. The number of fused-ring (bicyclic) bond motifs is 3. The van der Waals surface area contributed by atoms with Crippen LogP contribution in [0.3, 0.4) is 0 Å². The largest absolute Gasteiger partial charge is 0.490 e. The molecular weight excluding hydrogens is 342 g/mol. The average molecular weight is 369 g/mol. The quantitative estimate of drug-likeness (QED) is 0.887. The third kappa shape index (κ3) is 2.29. The molecule has 0 saturated heterocycles. The Hall–Kier alpha value is -2.08. The molecule has 1 heterocycles. The lowest BCUT2D eigenvalue weighted by atomic mass is 9.61. The number of amides is 1. The normalized spacial score (nSPS) is 35.0. The second-order valence-electron chi connectivity index (χ2n) is 8.57. The number of nitrogens with zero attached hydrogens (tertiary/aromatic N) is 2. The van der Waals surface area contributed by atoms with Crippen molar-refractivity contribution in [2.75, 3.05) is 14.2 Å². The van der Waals surface area contributed by atoms with Gasteiger partial charge in [0.15, 0.2) is 11.5 Å². The van der Waals surface area contributed by atoms with E-state index in [4.69, 9.17) is 20.2 Å². The maximum atomic E-state index is 13.5. The van der Waals surface area contributed by atoms with Gasteiger partial charge in [0.25, 0.3) is 5.91 Å². The summed E-state index contributed by atoms with van der Waals surface area (Å²) >= 11 is 0. The molecule has 0 aromatic heterocycles. The Balaban J connectivity index is 1.62. The van der Waals surface area contributed by atoms with E-state index in [1.54, 1.807) is 14.2 Å². The Morgan fingerprint density at radius 2 is 1.93 bits per heavy atom. The van der Waals surface area contributed by atoms with Gasteiger partial charge in [0.2, 0.25) is 0 Å². The molecule has 0 radical (unpaired) electrons. The molecular formula is C21H27N3O3. The zero-order valence-electron chi connectivity index (χ0n) is 16.0. The van der Waals surface area contributed by atoms with Crippen molar-refractivity contribution in [1.82, 2.24) is 4.90 Å². The van der Waals surface area contributed by atoms with Gasteiger partial charge in [-0.15, -0.1) is 0 Å². The topological polar surface area (TPSA) is 77.2 Å². The maximum Gasteiger partial charge on any atom is 0.262 e. The lowest BCUT2D eigenvalue weighted by Crippen LogP contribution is -2.51. The van der Waals surface area contributed by atoms with Gasteiger partial charge in [0, 0.05) is 19.6 Å². The predicted molar refractivity (Wildman–Crippen MR) is 102 cm³/mol. The number of hydrogen-bond acceptors (Lipinski definition) is 5. The number of methoxy groups -OCH3 is 1. The third-order valence-electron chi connectivity index (χ3n) is 7.06. The molecule has 1 aromatic rings. The molecule has 0 bridgehead atoms. The van der Waals surface area contributed by atoms with Crippen LogP contribution in [0.2, 0.25) is 0 Å². The number of likely N-dealkylation sites (N-methyl/N-ethyl adjacent to an activating group) is 1. The van der Waals surface area contributed by atoms with Gasteiger partial charge >= 0.3 is 0 Å². The van der Waals surface area contributed by atoms with Gasteiger partial charge in [-0.1, -0.05) is 6.07 Å². The highest BCUT2D eigenvalue weighted by Gasteiger charge is 2.66. The van der Waals surface area contributed by atoms with Crippen LogP contribution in [0.4, 0.5) is 0 Å². The van der Waals surface area contributed by atoms with E-state index in [1.807, 2.05) is 6.07 Å². The van der Waals surface area contributed by atoms with Crippen LogP contribution >= 0.6 is 0 Å². The SMILES string of the molecule is COC1CCC2(CC1)Cc1ccc(OC3CC3)cc1C21N=C(N)N(C)C1=O. The zero-order valence-corrected chi connectivity index (χ0v) is 16.0. The van der Waals surface area contributed by atoms with E-state index in [9.17, 15) is 4.79 Å². The molecule has 5 rings (SSSR count). The Bertz CT molecular complexity index is 824. The second kappa shape index (κ2) is 5.71. The van der Waals surface area contributed by atoms with Crippen LogP contribution in [-0.4, -0.2) is 43.1 Å². The average Bonchev–Trinajstić information content (AvgIpc) is 3.41. The second-order valence-corrected chi connectivity index (χ2v) is 8.57. The fourth-order valence-electron chi connectivity index (χ4n) is 5.36. The summed E-state index contributed by atoms with van der Waals surface area (Å²) in [5, 5.41) is 0. The number of nitrogens with two attached hydrogens (primary N) is 1. The van der Waals surface area contributed by atoms with Crippen LogP contribution in [0.15, 0.2) is 23.2 Å². The number of aliphatic imine (C=N–C) groups is 1. The lowest BCUT2D eigenvalue weighted by Gasteiger charge is -2.45. The van der Waals surface area contributed by atoms with Crippen LogP contribution in [0, 0.1) is 5.41 Å². The Labute approximate surface area is 159 Å². The molecule has 6 heteroatoms. The molecule has 144 valence electrons. The van der Waals surface area contributed by atoms with Crippen molar-refractivity contribution in [2.24, 2.45) is 16.1 Å². The van der Waals surface area contributed by atoms with E-state index in [-0.39, 0.29) is 17.4 Å². The molecule has 2 saturated carbocycles. The lowest BCUT2D eigenvalue weighted by molar-refractivity contribution is -0.137. The first-order valence-corrected chi connectivity index (χ1v) is 9.95. The number of guanidine groups is 1. The first-order chi connectivity index (χ1) is 13.0. The van der Waals surface area contributed by atoms with Crippen molar-refractivity contribution in [2.45, 2.75) is 62.7 Å². The predicted octanol–water partition coefficient (Wildman–Crippen LogP) is 2.34. The molecule has 1 aromatic carbocycles. The number of ether oxygens (including phenoxy) is 2. The summed E-state index contributed by atoms with van der Waals surface area (Å²) in [4.78, 5) is 19.9. The fraction of sp³-hybridized carbons (Fsp3) is 0.619. The summed E-state index contributed by atoms with van der Waals surface area (Å²) in [5.41, 5.74) is 7.21. The van der Waals surface area contributed by atoms with Crippen molar-refractivity contribution < 1.29 is 14.3 Å². The Kier molecular flexibility index (Phi) is 3.60. The van der Waals surface area contributed by atoms with Crippen molar-refractivity contribution in [1.29, 1.82) is 0 Å². The minimum absolute atomic E-state index is 0.00168. The van der Waals surface area contributed by atoms with Crippen molar-refractivity contribution in [3.63, 3.8) is 0 Å². The molecule has 3 aliphatic carbocycles. The van der Waals surface area contributed by atoms with Gasteiger partial charge in [-0.3, -0.25) is 9.69 Å². The third-order valence-corrected chi connectivity index (χ3v) is 7.06. The highest BCUT2D eigenvalue weighted by Crippen LogP contribution is 2.62. The van der Waals surface area contributed by atoms with E-state index in [2.05, 4.69) is 12.1 Å². The first-order valence-electron chi connectivity index (χ1n) is 9.95. The van der Waals surface area contributed by atoms with E-state index >= 15 is 0 Å². The van der Waals surface area contributed by atoms with E-state index in [1.165, 1.54) is 10.5 Å². The summed E-state index contributed by atoms with van der Waals surface area (Å²) in [6.07, 6.45) is 7.38. The summed E-state index contributed by atoms with van der Waals surface area (Å²) in [6.45, 7) is 0. The zero-order chi connectivity index (χ0) is 18.8. The standard InChI is InChI=1S/C21H27N3O3/c1-24-18(25)21(23-19(24)22)17-11-16(27-15-5-6-15)4-3-13(17)12-20(21)9-7-14(26-2)8-10-20/h3-4,11,14-15H,5-10,12H2,1-2H3,(H2,22,23). The molecule has 2 N–H and O–H groups in total. The van der Waals surface area contributed by atoms with Crippen LogP contribution in [0.1, 0.15) is 49.7 Å². The van der Waals surface area contributed by atoms with Crippen LogP contribution in [-0.2, 0) is 21.5 Å². The van der Waals surface area contributed by atoms with E-state index in [0.717, 1.165) is 56.3 Å². The van der Waals surface area contributed by atoms with E-state index in [0.29, 0.717) is 12.1 Å². The summed E-state index contributed by atoms with van der Waals surface area (Å²) < 4.78 is 11.6. The minimum atomic E-state index is -0.914. The molecule has 2 fully saturated rings.